The minimum Gasteiger partial charge on any atom is -0.454 e. The van der Waals surface area contributed by atoms with Crippen molar-refractivity contribution in [3.8, 4) is 0 Å². The number of esters is 1. The molecule has 9 heteroatoms. The quantitative estimate of drug-likeness (QED) is 0.608. The first-order valence-corrected chi connectivity index (χ1v) is 8.49. The van der Waals surface area contributed by atoms with Crippen LogP contribution in [0.3, 0.4) is 0 Å². The van der Waals surface area contributed by atoms with Gasteiger partial charge in [0, 0.05) is 0 Å². The molecule has 27 heavy (non-hydrogen) atoms. The molecule has 2 aromatic carbocycles. The van der Waals surface area contributed by atoms with Crippen molar-refractivity contribution >= 4 is 58.1 Å². The maximum Gasteiger partial charge on any atom is 0.326 e. The lowest BCUT2D eigenvalue weighted by atomic mass is 10.1. The van der Waals surface area contributed by atoms with Gasteiger partial charge in [0.25, 0.3) is 17.6 Å². The monoisotopic (exact) mass is 406 g/mol. The van der Waals surface area contributed by atoms with Crippen molar-refractivity contribution in [3.05, 3.63) is 58.1 Å². The van der Waals surface area contributed by atoms with E-state index in [0.29, 0.717) is 5.69 Å². The van der Waals surface area contributed by atoms with E-state index in [0.717, 1.165) is 4.90 Å². The van der Waals surface area contributed by atoms with E-state index in [2.05, 4.69) is 5.32 Å². The Hall–Kier alpha value is -2.90. The van der Waals surface area contributed by atoms with Gasteiger partial charge in [0.1, 0.15) is 6.54 Å². The van der Waals surface area contributed by atoms with E-state index in [1.165, 1.54) is 6.07 Å². The highest BCUT2D eigenvalue weighted by molar-refractivity contribution is 6.52. The molecule has 0 unspecified atom stereocenters. The molecule has 138 valence electrons. The van der Waals surface area contributed by atoms with Gasteiger partial charge in [0.2, 0.25) is 0 Å². The van der Waals surface area contributed by atoms with Crippen LogP contribution in [0.2, 0.25) is 10.0 Å². The number of halogens is 2. The van der Waals surface area contributed by atoms with Gasteiger partial charge in [0.15, 0.2) is 6.61 Å². The Morgan fingerprint density at radius 3 is 2.37 bits per heavy atom. The lowest BCUT2D eigenvalue weighted by Crippen LogP contribution is -2.36. The lowest BCUT2D eigenvalue weighted by molar-refractivity contribution is -0.146. The number of amides is 2. The second kappa shape index (κ2) is 7.77. The molecule has 7 nitrogen and oxygen atoms in total. The molecule has 2 amide bonds. The van der Waals surface area contributed by atoms with Gasteiger partial charge in [-0.3, -0.25) is 24.1 Å². The molecular formula is C18H12Cl2N2O5. The number of ether oxygens (including phenoxy) is 1. The highest BCUT2D eigenvalue weighted by Crippen LogP contribution is 2.30. The van der Waals surface area contributed by atoms with E-state index in [9.17, 15) is 19.2 Å². The number of Topliss-reactive ketones (excluding diaryl/α,β-unsaturated/α-hetero) is 1. The van der Waals surface area contributed by atoms with Crippen LogP contribution in [0, 0.1) is 0 Å². The van der Waals surface area contributed by atoms with Crippen LogP contribution in [0.1, 0.15) is 10.4 Å². The van der Waals surface area contributed by atoms with Gasteiger partial charge >= 0.3 is 5.97 Å². The van der Waals surface area contributed by atoms with Crippen LogP contribution in [0.4, 0.5) is 11.4 Å². The molecule has 1 aliphatic heterocycles. The van der Waals surface area contributed by atoms with Crippen LogP contribution in [-0.4, -0.2) is 36.7 Å². The SMILES string of the molecule is O=C(COC(=O)CN1C(=O)C(=O)c2ccccc21)Nc1c(Cl)cccc1Cl. The van der Waals surface area contributed by atoms with Crippen molar-refractivity contribution in [2.45, 2.75) is 0 Å². The summed E-state index contributed by atoms with van der Waals surface area (Å²) in [5.74, 6) is -3.00. The third-order valence-corrected chi connectivity index (χ3v) is 4.39. The first kappa shape index (κ1) is 18.9. The zero-order valence-corrected chi connectivity index (χ0v) is 15.2. The number of carbonyl (C=O) groups excluding carboxylic acids is 4. The Morgan fingerprint density at radius 2 is 1.67 bits per heavy atom. The first-order valence-electron chi connectivity index (χ1n) is 7.73. The third kappa shape index (κ3) is 3.94. The van der Waals surface area contributed by atoms with Gasteiger partial charge in [0.05, 0.1) is 27.0 Å². The number of hydrogen-bond acceptors (Lipinski definition) is 5. The number of fused-ring (bicyclic) bond motifs is 1. The average Bonchev–Trinajstić information content (AvgIpc) is 2.88. The standard InChI is InChI=1S/C18H12Cl2N2O5/c19-11-5-3-6-12(20)16(11)21-14(23)9-27-15(24)8-22-13-7-2-1-4-10(13)17(25)18(22)26/h1-7H,8-9H2,(H,21,23). The predicted molar refractivity (Wildman–Crippen MR) is 99.2 cm³/mol. The van der Waals surface area contributed by atoms with E-state index >= 15 is 0 Å². The Labute approximate surface area is 163 Å². The molecule has 0 saturated carbocycles. The summed E-state index contributed by atoms with van der Waals surface area (Å²) in [5, 5.41) is 2.92. The van der Waals surface area contributed by atoms with E-state index in [4.69, 9.17) is 27.9 Å². The summed E-state index contributed by atoms with van der Waals surface area (Å²) in [6.45, 7) is -1.08. The molecule has 0 spiro atoms. The summed E-state index contributed by atoms with van der Waals surface area (Å²) in [7, 11) is 0. The van der Waals surface area contributed by atoms with Crippen molar-refractivity contribution in [1.82, 2.24) is 0 Å². The van der Waals surface area contributed by atoms with Gasteiger partial charge in [-0.15, -0.1) is 0 Å². The van der Waals surface area contributed by atoms with Crippen LogP contribution in [0.25, 0.3) is 0 Å². The molecule has 0 radical (unpaired) electrons. The topological polar surface area (TPSA) is 92.8 Å². The van der Waals surface area contributed by atoms with Crippen LogP contribution >= 0.6 is 23.2 Å². The van der Waals surface area contributed by atoms with Crippen LogP contribution in [0.15, 0.2) is 42.5 Å². The zero-order chi connectivity index (χ0) is 19.6. The second-order valence-electron chi connectivity index (χ2n) is 5.54. The normalized spacial score (nSPS) is 12.7. The van der Waals surface area contributed by atoms with Crippen molar-refractivity contribution in [3.63, 3.8) is 0 Å². The van der Waals surface area contributed by atoms with E-state index in [1.54, 1.807) is 36.4 Å². The molecule has 2 aromatic rings. The summed E-state index contributed by atoms with van der Waals surface area (Å²) < 4.78 is 4.87. The molecule has 3 rings (SSSR count). The molecule has 0 atom stereocenters. The van der Waals surface area contributed by atoms with Gasteiger partial charge in [-0.25, -0.2) is 0 Å². The lowest BCUT2D eigenvalue weighted by Gasteiger charge is -2.15. The maximum atomic E-state index is 12.0. The van der Waals surface area contributed by atoms with Crippen molar-refractivity contribution in [2.24, 2.45) is 0 Å². The van der Waals surface area contributed by atoms with Crippen molar-refractivity contribution < 1.29 is 23.9 Å². The number of ketones is 1. The Bertz CT molecular complexity index is 940. The fraction of sp³-hybridized carbons (Fsp3) is 0.111. The third-order valence-electron chi connectivity index (χ3n) is 3.76. The molecule has 0 aromatic heterocycles. The highest BCUT2D eigenvalue weighted by Gasteiger charge is 2.36. The maximum absolute atomic E-state index is 12.0. The second-order valence-corrected chi connectivity index (χ2v) is 6.36. The predicted octanol–water partition coefficient (Wildman–Crippen LogP) is 2.70. The Morgan fingerprint density at radius 1 is 1.00 bits per heavy atom. The van der Waals surface area contributed by atoms with E-state index in [-0.39, 0.29) is 21.3 Å². The Balaban J connectivity index is 1.58. The minimum absolute atomic E-state index is 0.205. The van der Waals surface area contributed by atoms with Gasteiger partial charge < -0.3 is 10.1 Å². The highest BCUT2D eigenvalue weighted by atomic mass is 35.5. The number of nitrogens with one attached hydrogen (secondary N) is 1. The van der Waals surface area contributed by atoms with E-state index in [1.807, 2.05) is 0 Å². The number of anilines is 2. The molecule has 1 heterocycles. The Kier molecular flexibility index (Phi) is 5.43. The van der Waals surface area contributed by atoms with Crippen LogP contribution in [0.5, 0.6) is 0 Å². The van der Waals surface area contributed by atoms with Crippen molar-refractivity contribution in [1.29, 1.82) is 0 Å². The molecule has 1 aliphatic rings. The van der Waals surface area contributed by atoms with Crippen LogP contribution in [-0.2, 0) is 19.1 Å². The van der Waals surface area contributed by atoms with Crippen LogP contribution < -0.4 is 10.2 Å². The summed E-state index contributed by atoms with van der Waals surface area (Å²) in [6, 6.07) is 11.0. The largest absolute Gasteiger partial charge is 0.454 e. The number of rotatable bonds is 5. The van der Waals surface area contributed by atoms with Gasteiger partial charge in [-0.05, 0) is 24.3 Å². The number of nitrogens with zero attached hydrogens (tertiary/aromatic N) is 1. The fourth-order valence-corrected chi connectivity index (χ4v) is 3.01. The van der Waals surface area contributed by atoms with Gasteiger partial charge in [-0.1, -0.05) is 41.4 Å². The molecule has 0 saturated heterocycles. The summed E-state index contributed by atoms with van der Waals surface area (Å²) in [5.41, 5.74) is 0.759. The first-order chi connectivity index (χ1) is 12.9. The average molecular weight is 407 g/mol. The molecule has 0 fully saturated rings. The summed E-state index contributed by atoms with van der Waals surface area (Å²) >= 11 is 11.9. The fourth-order valence-electron chi connectivity index (χ4n) is 2.52. The number of para-hydroxylation sites is 2. The molecule has 0 aliphatic carbocycles. The summed E-state index contributed by atoms with van der Waals surface area (Å²) in [4.78, 5) is 48.8. The number of carbonyl (C=O) groups is 4. The van der Waals surface area contributed by atoms with Gasteiger partial charge in [-0.2, -0.15) is 0 Å². The minimum atomic E-state index is -0.840. The number of hydrogen-bond donors (Lipinski definition) is 1. The molecule has 1 N–H and O–H groups in total. The zero-order valence-electron chi connectivity index (χ0n) is 13.7. The summed E-state index contributed by atoms with van der Waals surface area (Å²) in [6.07, 6.45) is 0. The molecule has 0 bridgehead atoms. The van der Waals surface area contributed by atoms with E-state index < -0.39 is 36.7 Å². The molecular weight excluding hydrogens is 395 g/mol. The number of benzene rings is 2. The van der Waals surface area contributed by atoms with Crippen molar-refractivity contribution in [2.75, 3.05) is 23.4 Å². The smallest absolute Gasteiger partial charge is 0.326 e.